The van der Waals surface area contributed by atoms with Gasteiger partial charge in [0.1, 0.15) is 11.6 Å². The molecule has 5 rings (SSSR count). The number of nitrogens with one attached hydrogen (secondary N) is 1. The minimum absolute atomic E-state index is 0.225. The van der Waals surface area contributed by atoms with Gasteiger partial charge in [0.05, 0.1) is 24.8 Å². The number of nitrogens with zero attached hydrogens (tertiary/aromatic N) is 3. The first-order valence-corrected chi connectivity index (χ1v) is 11.7. The molecule has 1 aliphatic rings. The van der Waals surface area contributed by atoms with E-state index in [1.54, 1.807) is 17.0 Å². The Morgan fingerprint density at radius 2 is 1.75 bits per heavy atom. The first kappa shape index (κ1) is 23.3. The number of rotatable bonds is 7. The second-order valence-electron chi connectivity index (χ2n) is 8.39. The summed E-state index contributed by atoms with van der Waals surface area (Å²) in [7, 11) is 0. The van der Waals surface area contributed by atoms with E-state index < -0.39 is 6.04 Å². The van der Waals surface area contributed by atoms with Crippen LogP contribution in [0.25, 0.3) is 17.0 Å². The SMILES string of the molecule is CCOc1ccc(CN2C(=O)NC(c3ccccc3)C(c3nc(-c4ccc(F)cc4)no3)=C2C)cc1. The highest BCUT2D eigenvalue weighted by Crippen LogP contribution is 2.37. The molecule has 1 N–H and O–H groups in total. The first-order valence-electron chi connectivity index (χ1n) is 11.7. The Labute approximate surface area is 208 Å². The maximum Gasteiger partial charge on any atom is 0.322 e. The van der Waals surface area contributed by atoms with Crippen molar-refractivity contribution in [2.24, 2.45) is 0 Å². The van der Waals surface area contributed by atoms with Gasteiger partial charge in [-0.3, -0.25) is 4.90 Å². The molecule has 7 nitrogen and oxygen atoms in total. The predicted molar refractivity (Wildman–Crippen MR) is 133 cm³/mol. The van der Waals surface area contributed by atoms with Gasteiger partial charge in [-0.25, -0.2) is 9.18 Å². The second-order valence-corrected chi connectivity index (χ2v) is 8.39. The van der Waals surface area contributed by atoms with Crippen LogP contribution in [0.1, 0.15) is 36.9 Å². The number of hydrogen-bond donors (Lipinski definition) is 1. The molecule has 1 aromatic heterocycles. The highest BCUT2D eigenvalue weighted by atomic mass is 19.1. The number of amides is 2. The summed E-state index contributed by atoms with van der Waals surface area (Å²) in [5.74, 6) is 1.06. The molecular formula is C28H25FN4O3. The molecule has 182 valence electrons. The normalized spacial score (nSPS) is 15.7. The summed E-state index contributed by atoms with van der Waals surface area (Å²) in [5.41, 5.74) is 3.88. The van der Waals surface area contributed by atoms with Gasteiger partial charge in [-0.15, -0.1) is 0 Å². The molecule has 0 aliphatic carbocycles. The third kappa shape index (κ3) is 4.70. The van der Waals surface area contributed by atoms with Gasteiger partial charge in [-0.05, 0) is 61.4 Å². The van der Waals surface area contributed by atoms with E-state index in [1.165, 1.54) is 12.1 Å². The number of allylic oxidation sites excluding steroid dienone is 1. The van der Waals surface area contributed by atoms with Gasteiger partial charge in [0.15, 0.2) is 0 Å². The molecule has 4 aromatic rings. The van der Waals surface area contributed by atoms with Crippen LogP contribution in [0.2, 0.25) is 0 Å². The summed E-state index contributed by atoms with van der Waals surface area (Å²) in [6.45, 7) is 4.75. The predicted octanol–water partition coefficient (Wildman–Crippen LogP) is 5.97. The quantitative estimate of drug-likeness (QED) is 0.349. The van der Waals surface area contributed by atoms with Gasteiger partial charge in [0.2, 0.25) is 5.82 Å². The fraction of sp³-hybridized carbons (Fsp3) is 0.179. The van der Waals surface area contributed by atoms with Gasteiger partial charge in [-0.2, -0.15) is 4.98 Å². The Kier molecular flexibility index (Phi) is 6.49. The lowest BCUT2D eigenvalue weighted by molar-refractivity contribution is 0.203. The zero-order chi connectivity index (χ0) is 25.1. The maximum atomic E-state index is 13.4. The van der Waals surface area contributed by atoms with Crippen LogP contribution in [0.3, 0.4) is 0 Å². The van der Waals surface area contributed by atoms with Crippen LogP contribution in [-0.2, 0) is 6.54 Å². The maximum absolute atomic E-state index is 13.4. The van der Waals surface area contributed by atoms with Crippen LogP contribution in [0.4, 0.5) is 9.18 Å². The first-order chi connectivity index (χ1) is 17.5. The Bertz CT molecular complexity index is 1380. The summed E-state index contributed by atoms with van der Waals surface area (Å²) in [6, 6.07) is 22.5. The van der Waals surface area contributed by atoms with Gasteiger partial charge in [-0.1, -0.05) is 47.6 Å². The lowest BCUT2D eigenvalue weighted by Gasteiger charge is -2.35. The standard InChI is InChI=1S/C28H25FN4O3/c1-3-35-23-15-9-19(10-16-23)17-33-18(2)24(25(30-28(33)34)20-7-5-4-6-8-20)27-31-26(32-36-27)21-11-13-22(29)14-12-21/h4-16,25H,3,17H2,1-2H3,(H,30,34). The van der Waals surface area contributed by atoms with Crippen LogP contribution in [0, 0.1) is 5.82 Å². The zero-order valence-corrected chi connectivity index (χ0v) is 19.9. The number of aromatic nitrogens is 2. The molecule has 3 aromatic carbocycles. The lowest BCUT2D eigenvalue weighted by Crippen LogP contribution is -2.45. The number of halogens is 1. The molecule has 8 heteroatoms. The summed E-state index contributed by atoms with van der Waals surface area (Å²) in [4.78, 5) is 19.5. The van der Waals surface area contributed by atoms with Crippen molar-refractivity contribution in [2.75, 3.05) is 6.61 Å². The highest BCUT2D eigenvalue weighted by Gasteiger charge is 2.35. The van der Waals surface area contributed by atoms with Gasteiger partial charge in [0.25, 0.3) is 5.89 Å². The molecule has 0 saturated heterocycles. The molecule has 2 heterocycles. The fourth-order valence-corrected chi connectivity index (χ4v) is 4.23. The van der Waals surface area contributed by atoms with E-state index in [0.717, 1.165) is 16.9 Å². The molecule has 0 fully saturated rings. The monoisotopic (exact) mass is 484 g/mol. The summed E-state index contributed by atoms with van der Waals surface area (Å²) in [6.07, 6.45) is 0. The second kappa shape index (κ2) is 10.0. The van der Waals surface area contributed by atoms with E-state index in [9.17, 15) is 9.18 Å². The smallest absolute Gasteiger partial charge is 0.322 e. The zero-order valence-electron chi connectivity index (χ0n) is 19.9. The Hall–Kier alpha value is -4.46. The molecule has 2 amide bonds. The molecule has 0 radical (unpaired) electrons. The number of carbonyl (C=O) groups excluding carboxylic acids is 1. The molecule has 0 spiro atoms. The summed E-state index contributed by atoms with van der Waals surface area (Å²) < 4.78 is 24.6. The van der Waals surface area contributed by atoms with Crippen molar-refractivity contribution in [3.63, 3.8) is 0 Å². The van der Waals surface area contributed by atoms with Gasteiger partial charge in [0, 0.05) is 11.3 Å². The largest absolute Gasteiger partial charge is 0.494 e. The minimum Gasteiger partial charge on any atom is -0.494 e. The Morgan fingerprint density at radius 3 is 2.44 bits per heavy atom. The molecule has 1 aliphatic heterocycles. The third-order valence-corrected chi connectivity index (χ3v) is 6.06. The molecule has 1 unspecified atom stereocenters. The number of benzene rings is 3. The number of hydrogen-bond acceptors (Lipinski definition) is 5. The van der Waals surface area contributed by atoms with Crippen molar-refractivity contribution in [3.05, 3.63) is 107 Å². The average molecular weight is 485 g/mol. The fourth-order valence-electron chi connectivity index (χ4n) is 4.23. The van der Waals surface area contributed by atoms with Crippen molar-refractivity contribution in [3.8, 4) is 17.1 Å². The summed E-state index contributed by atoms with van der Waals surface area (Å²) >= 11 is 0. The van der Waals surface area contributed by atoms with Crippen molar-refractivity contribution < 1.29 is 18.4 Å². The summed E-state index contributed by atoms with van der Waals surface area (Å²) in [5, 5.41) is 7.22. The molecule has 0 bridgehead atoms. The van der Waals surface area contributed by atoms with E-state index in [4.69, 9.17) is 9.26 Å². The van der Waals surface area contributed by atoms with Gasteiger partial charge < -0.3 is 14.6 Å². The molecule has 1 atom stereocenters. The van der Waals surface area contributed by atoms with E-state index in [1.807, 2.05) is 68.4 Å². The van der Waals surface area contributed by atoms with E-state index in [0.29, 0.717) is 35.8 Å². The number of ether oxygens (including phenoxy) is 1. The van der Waals surface area contributed by atoms with Crippen LogP contribution >= 0.6 is 0 Å². The van der Waals surface area contributed by atoms with Crippen molar-refractivity contribution in [2.45, 2.75) is 26.4 Å². The van der Waals surface area contributed by atoms with E-state index >= 15 is 0 Å². The Balaban J connectivity index is 1.54. The van der Waals surface area contributed by atoms with Crippen LogP contribution in [0.15, 0.2) is 89.1 Å². The van der Waals surface area contributed by atoms with Gasteiger partial charge >= 0.3 is 6.03 Å². The number of urea groups is 1. The van der Waals surface area contributed by atoms with Crippen molar-refractivity contribution in [1.82, 2.24) is 20.4 Å². The molecule has 0 saturated carbocycles. The highest BCUT2D eigenvalue weighted by molar-refractivity contribution is 5.86. The third-order valence-electron chi connectivity index (χ3n) is 6.06. The average Bonchev–Trinajstić information content (AvgIpc) is 3.38. The number of carbonyl (C=O) groups is 1. The minimum atomic E-state index is -0.475. The molecular weight excluding hydrogens is 459 g/mol. The van der Waals surface area contributed by atoms with E-state index in [-0.39, 0.29) is 17.7 Å². The lowest BCUT2D eigenvalue weighted by atomic mass is 9.94. The van der Waals surface area contributed by atoms with E-state index in [2.05, 4.69) is 15.5 Å². The van der Waals surface area contributed by atoms with Crippen molar-refractivity contribution in [1.29, 1.82) is 0 Å². The molecule has 36 heavy (non-hydrogen) atoms. The van der Waals surface area contributed by atoms with Crippen LogP contribution in [-0.4, -0.2) is 27.7 Å². The topological polar surface area (TPSA) is 80.5 Å². The van der Waals surface area contributed by atoms with Crippen molar-refractivity contribution >= 4 is 11.6 Å². The van der Waals surface area contributed by atoms with Crippen LogP contribution in [0.5, 0.6) is 5.75 Å². The Morgan fingerprint density at radius 1 is 1.03 bits per heavy atom. The van der Waals surface area contributed by atoms with Crippen LogP contribution < -0.4 is 10.1 Å².